The molecule has 34 heavy (non-hydrogen) atoms. The third kappa shape index (κ3) is 5.33. The van der Waals surface area contributed by atoms with E-state index in [0.29, 0.717) is 55.1 Å². The summed E-state index contributed by atoms with van der Waals surface area (Å²) in [4.78, 5) is 26.6. The van der Waals surface area contributed by atoms with Crippen LogP contribution in [-0.4, -0.2) is 54.8 Å². The Morgan fingerprint density at radius 2 is 1.97 bits per heavy atom. The highest BCUT2D eigenvalue weighted by atomic mass is 16.5. The minimum atomic E-state index is -0.325. The zero-order chi connectivity index (χ0) is 24.1. The molecule has 2 aromatic rings. The van der Waals surface area contributed by atoms with E-state index in [2.05, 4.69) is 16.7 Å². The van der Waals surface area contributed by atoms with Gasteiger partial charge in [0.15, 0.2) is 0 Å². The number of rotatable bonds is 6. The van der Waals surface area contributed by atoms with Gasteiger partial charge in [0, 0.05) is 61.1 Å². The van der Waals surface area contributed by atoms with Crippen LogP contribution in [0.3, 0.4) is 0 Å². The van der Waals surface area contributed by atoms with Gasteiger partial charge in [0.05, 0.1) is 30.0 Å². The SMILES string of the molecule is CC(=O)N1CCC(NC2CCOC2)=C(C(=N)c2cccc(C(=O)Nc3cccc(C#N)c3)c2)C1. The summed E-state index contributed by atoms with van der Waals surface area (Å²) < 4.78 is 5.48. The molecule has 3 N–H and O–H groups in total. The van der Waals surface area contributed by atoms with Gasteiger partial charge in [-0.05, 0) is 36.8 Å². The molecule has 2 aliphatic heterocycles. The monoisotopic (exact) mass is 457 g/mol. The van der Waals surface area contributed by atoms with Gasteiger partial charge in [0.1, 0.15) is 0 Å². The predicted molar refractivity (Wildman–Crippen MR) is 129 cm³/mol. The second-order valence-corrected chi connectivity index (χ2v) is 8.46. The lowest BCUT2D eigenvalue weighted by molar-refractivity contribution is -0.128. The van der Waals surface area contributed by atoms with E-state index in [-0.39, 0.29) is 23.6 Å². The molecule has 0 bridgehead atoms. The third-order valence-corrected chi connectivity index (χ3v) is 6.06. The average Bonchev–Trinajstić information content (AvgIpc) is 3.37. The van der Waals surface area contributed by atoms with Crippen LogP contribution >= 0.6 is 0 Å². The van der Waals surface area contributed by atoms with E-state index in [4.69, 9.17) is 15.4 Å². The van der Waals surface area contributed by atoms with Crippen molar-refractivity contribution in [3.05, 3.63) is 76.5 Å². The number of hydrogen-bond acceptors (Lipinski definition) is 6. The van der Waals surface area contributed by atoms with E-state index >= 15 is 0 Å². The first-order valence-electron chi connectivity index (χ1n) is 11.3. The highest BCUT2D eigenvalue weighted by molar-refractivity contribution is 6.13. The molecule has 1 unspecified atom stereocenters. The number of hydrogen-bond donors (Lipinski definition) is 3. The van der Waals surface area contributed by atoms with E-state index in [1.165, 1.54) is 6.92 Å². The van der Waals surface area contributed by atoms with Crippen LogP contribution in [-0.2, 0) is 9.53 Å². The zero-order valence-electron chi connectivity index (χ0n) is 19.1. The van der Waals surface area contributed by atoms with Crippen LogP contribution in [0.4, 0.5) is 5.69 Å². The van der Waals surface area contributed by atoms with Crippen LogP contribution in [0, 0.1) is 16.7 Å². The Bertz CT molecular complexity index is 1190. The number of nitrogens with one attached hydrogen (secondary N) is 3. The van der Waals surface area contributed by atoms with Gasteiger partial charge >= 0.3 is 0 Å². The number of ether oxygens (including phenoxy) is 1. The maximum atomic E-state index is 12.8. The maximum absolute atomic E-state index is 12.8. The van der Waals surface area contributed by atoms with Gasteiger partial charge in [-0.2, -0.15) is 5.26 Å². The summed E-state index contributed by atoms with van der Waals surface area (Å²) in [7, 11) is 0. The summed E-state index contributed by atoms with van der Waals surface area (Å²) in [6.45, 7) is 3.83. The fourth-order valence-corrected chi connectivity index (χ4v) is 4.18. The molecular formula is C26H27N5O3. The van der Waals surface area contributed by atoms with Gasteiger partial charge in [-0.15, -0.1) is 0 Å². The molecule has 2 aromatic carbocycles. The first kappa shape index (κ1) is 23.2. The first-order valence-corrected chi connectivity index (χ1v) is 11.3. The molecule has 0 saturated carbocycles. The van der Waals surface area contributed by atoms with Crippen molar-refractivity contribution in [3.63, 3.8) is 0 Å². The summed E-state index contributed by atoms with van der Waals surface area (Å²) in [5.74, 6) is -0.351. The number of benzene rings is 2. The number of nitriles is 1. The third-order valence-electron chi connectivity index (χ3n) is 6.06. The van der Waals surface area contributed by atoms with Crippen LogP contribution in [0.25, 0.3) is 0 Å². The standard InChI is InChI=1S/C26H27N5O3/c1-17(32)31-10-8-24(29-22-9-11-34-16-22)23(15-31)25(28)19-5-3-6-20(13-19)26(33)30-21-7-2-4-18(12-21)14-27/h2-7,12-13,22,28-29H,8-11,15-16H2,1H3,(H,30,33). The van der Waals surface area contributed by atoms with Gasteiger partial charge in [-0.3, -0.25) is 15.0 Å². The summed E-state index contributed by atoms with van der Waals surface area (Å²) in [6, 6.07) is 15.9. The Balaban J connectivity index is 1.58. The summed E-state index contributed by atoms with van der Waals surface area (Å²) in [6.07, 6.45) is 1.55. The topological polar surface area (TPSA) is 118 Å². The van der Waals surface area contributed by atoms with Crippen molar-refractivity contribution in [3.8, 4) is 6.07 Å². The Labute approximate surface area is 198 Å². The van der Waals surface area contributed by atoms with Crippen molar-refractivity contribution < 1.29 is 14.3 Å². The Hall–Kier alpha value is -3.96. The van der Waals surface area contributed by atoms with E-state index in [1.54, 1.807) is 53.4 Å². The molecule has 8 heteroatoms. The predicted octanol–water partition coefficient (Wildman–Crippen LogP) is 3.06. The normalized spacial score (nSPS) is 17.8. The van der Waals surface area contributed by atoms with Crippen molar-refractivity contribution in [2.45, 2.75) is 25.8 Å². The van der Waals surface area contributed by atoms with Gasteiger partial charge in [0.25, 0.3) is 5.91 Å². The second-order valence-electron chi connectivity index (χ2n) is 8.46. The average molecular weight is 458 g/mol. The van der Waals surface area contributed by atoms with Crippen molar-refractivity contribution in [1.82, 2.24) is 10.2 Å². The van der Waals surface area contributed by atoms with E-state index in [9.17, 15) is 9.59 Å². The largest absolute Gasteiger partial charge is 0.383 e. The molecule has 0 aromatic heterocycles. The van der Waals surface area contributed by atoms with Crippen molar-refractivity contribution in [1.29, 1.82) is 10.7 Å². The van der Waals surface area contributed by atoms with E-state index in [1.807, 2.05) is 0 Å². The molecule has 8 nitrogen and oxygen atoms in total. The smallest absolute Gasteiger partial charge is 0.255 e. The quantitative estimate of drug-likeness (QED) is 0.576. The molecule has 4 rings (SSSR count). The van der Waals surface area contributed by atoms with Crippen LogP contribution in [0.2, 0.25) is 0 Å². The Kier molecular flexibility index (Phi) is 7.04. The number of amides is 2. The number of carbonyl (C=O) groups is 2. The highest BCUT2D eigenvalue weighted by Gasteiger charge is 2.27. The number of nitrogens with zero attached hydrogens (tertiary/aromatic N) is 2. The Morgan fingerprint density at radius 3 is 2.71 bits per heavy atom. The van der Waals surface area contributed by atoms with Gasteiger partial charge in [0.2, 0.25) is 5.91 Å². The molecule has 2 heterocycles. The lowest BCUT2D eigenvalue weighted by Gasteiger charge is -2.32. The Morgan fingerprint density at radius 1 is 1.18 bits per heavy atom. The van der Waals surface area contributed by atoms with Crippen molar-refractivity contribution >= 4 is 23.2 Å². The molecule has 2 amide bonds. The second kappa shape index (κ2) is 10.3. The molecule has 1 saturated heterocycles. The minimum Gasteiger partial charge on any atom is -0.383 e. The van der Waals surface area contributed by atoms with Crippen LogP contribution in [0.1, 0.15) is 41.3 Å². The van der Waals surface area contributed by atoms with Gasteiger partial charge < -0.3 is 20.3 Å². The summed E-state index contributed by atoms with van der Waals surface area (Å²) in [5, 5.41) is 24.3. The molecule has 0 aliphatic carbocycles. The highest BCUT2D eigenvalue weighted by Crippen LogP contribution is 2.23. The van der Waals surface area contributed by atoms with Crippen molar-refractivity contribution in [2.75, 3.05) is 31.6 Å². The summed E-state index contributed by atoms with van der Waals surface area (Å²) >= 11 is 0. The maximum Gasteiger partial charge on any atom is 0.255 e. The molecule has 0 radical (unpaired) electrons. The van der Waals surface area contributed by atoms with E-state index in [0.717, 1.165) is 17.7 Å². The van der Waals surface area contributed by atoms with Gasteiger partial charge in [-0.25, -0.2) is 0 Å². The molecule has 0 spiro atoms. The number of carbonyl (C=O) groups excluding carboxylic acids is 2. The fraction of sp³-hybridized carbons (Fsp3) is 0.308. The molecule has 174 valence electrons. The molecular weight excluding hydrogens is 430 g/mol. The minimum absolute atomic E-state index is 0.0266. The lowest BCUT2D eigenvalue weighted by Crippen LogP contribution is -2.42. The molecule has 1 fully saturated rings. The lowest BCUT2D eigenvalue weighted by atomic mass is 9.94. The van der Waals surface area contributed by atoms with Gasteiger partial charge in [-0.1, -0.05) is 18.2 Å². The van der Waals surface area contributed by atoms with Crippen LogP contribution < -0.4 is 10.6 Å². The van der Waals surface area contributed by atoms with Crippen molar-refractivity contribution in [2.24, 2.45) is 0 Å². The fourth-order valence-electron chi connectivity index (χ4n) is 4.18. The zero-order valence-corrected chi connectivity index (χ0v) is 19.1. The summed E-state index contributed by atoms with van der Waals surface area (Å²) in [5.41, 5.74) is 3.99. The van der Waals surface area contributed by atoms with Crippen LogP contribution in [0.15, 0.2) is 59.8 Å². The first-order chi connectivity index (χ1) is 16.4. The van der Waals surface area contributed by atoms with Crippen LogP contribution in [0.5, 0.6) is 0 Å². The molecule has 1 atom stereocenters. The molecule has 2 aliphatic rings. The number of anilines is 1. The van der Waals surface area contributed by atoms with E-state index < -0.39 is 0 Å².